The summed E-state index contributed by atoms with van der Waals surface area (Å²) in [5.41, 5.74) is 11.2. The van der Waals surface area contributed by atoms with Crippen molar-refractivity contribution in [2.75, 3.05) is 0 Å². The maximum atomic E-state index is 6.11. The minimum atomic E-state index is 0.175. The molecule has 3 rings (SSSR count). The van der Waals surface area contributed by atoms with Crippen LogP contribution in [0.4, 0.5) is 0 Å². The van der Waals surface area contributed by atoms with Crippen LogP contribution in [0.2, 0.25) is 0 Å². The lowest BCUT2D eigenvalue weighted by molar-refractivity contribution is 0.303. The minimum absolute atomic E-state index is 0.175. The van der Waals surface area contributed by atoms with Crippen LogP contribution in [0.1, 0.15) is 54.5 Å². The lowest BCUT2D eigenvalue weighted by Crippen LogP contribution is -2.05. The van der Waals surface area contributed by atoms with Gasteiger partial charge < -0.3 is 10.5 Å². The van der Waals surface area contributed by atoms with Crippen LogP contribution in [0.15, 0.2) is 42.5 Å². The van der Waals surface area contributed by atoms with E-state index in [0.29, 0.717) is 12.5 Å². The van der Waals surface area contributed by atoms with Gasteiger partial charge in [0.25, 0.3) is 0 Å². The molecule has 2 nitrogen and oxygen atoms in total. The zero-order valence-corrected chi connectivity index (χ0v) is 12.8. The Balaban J connectivity index is 1.71. The van der Waals surface area contributed by atoms with E-state index >= 15 is 0 Å². The maximum absolute atomic E-state index is 6.11. The van der Waals surface area contributed by atoms with Crippen molar-refractivity contribution in [2.24, 2.45) is 5.73 Å². The highest BCUT2D eigenvalue weighted by Crippen LogP contribution is 2.35. The molecule has 110 valence electrons. The fourth-order valence-electron chi connectivity index (χ4n) is 2.95. The number of rotatable bonds is 4. The number of nitrogens with two attached hydrogens (primary N) is 1. The minimum Gasteiger partial charge on any atom is -0.489 e. The average Bonchev–Trinajstić information content (AvgIpc) is 2.88. The molecule has 1 atom stereocenters. The van der Waals surface area contributed by atoms with E-state index in [1.165, 1.54) is 22.3 Å². The summed E-state index contributed by atoms with van der Waals surface area (Å²) in [5.74, 6) is 1.56. The Morgan fingerprint density at radius 2 is 1.90 bits per heavy atom. The van der Waals surface area contributed by atoms with Crippen LogP contribution >= 0.6 is 0 Å². The van der Waals surface area contributed by atoms with Crippen molar-refractivity contribution in [3.63, 3.8) is 0 Å². The molecular formula is C19H23NO. The molecule has 0 aliphatic heterocycles. The van der Waals surface area contributed by atoms with Crippen molar-refractivity contribution in [3.05, 3.63) is 64.7 Å². The summed E-state index contributed by atoms with van der Waals surface area (Å²) in [6.07, 6.45) is 2.05. The molecule has 0 radical (unpaired) electrons. The van der Waals surface area contributed by atoms with Crippen LogP contribution in [0.25, 0.3) is 0 Å². The highest BCUT2D eigenvalue weighted by molar-refractivity contribution is 5.45. The van der Waals surface area contributed by atoms with Crippen LogP contribution in [-0.2, 0) is 13.0 Å². The quantitative estimate of drug-likeness (QED) is 0.905. The van der Waals surface area contributed by atoms with E-state index in [1.54, 1.807) is 0 Å². The first-order valence-corrected chi connectivity index (χ1v) is 7.74. The van der Waals surface area contributed by atoms with E-state index in [0.717, 1.165) is 18.6 Å². The van der Waals surface area contributed by atoms with Gasteiger partial charge in [0.05, 0.1) is 0 Å². The van der Waals surface area contributed by atoms with Crippen molar-refractivity contribution < 1.29 is 4.74 Å². The monoisotopic (exact) mass is 281 g/mol. The number of hydrogen-bond donors (Lipinski definition) is 1. The zero-order valence-electron chi connectivity index (χ0n) is 12.8. The highest BCUT2D eigenvalue weighted by Gasteiger charge is 2.21. The Bertz CT molecular complexity index is 616. The third-order valence-electron chi connectivity index (χ3n) is 4.31. The second-order valence-electron chi connectivity index (χ2n) is 6.15. The van der Waals surface area contributed by atoms with E-state index in [-0.39, 0.29) is 6.04 Å². The number of ether oxygens (including phenoxy) is 1. The molecule has 21 heavy (non-hydrogen) atoms. The van der Waals surface area contributed by atoms with Crippen LogP contribution in [0, 0.1) is 0 Å². The largest absolute Gasteiger partial charge is 0.489 e. The third kappa shape index (κ3) is 2.96. The van der Waals surface area contributed by atoms with Crippen LogP contribution in [0.5, 0.6) is 5.75 Å². The molecule has 0 heterocycles. The van der Waals surface area contributed by atoms with Crippen molar-refractivity contribution in [2.45, 2.75) is 45.3 Å². The number of benzene rings is 2. The second-order valence-corrected chi connectivity index (χ2v) is 6.15. The average molecular weight is 281 g/mol. The summed E-state index contributed by atoms with van der Waals surface area (Å²) in [6.45, 7) is 5.04. The Morgan fingerprint density at radius 3 is 2.62 bits per heavy atom. The van der Waals surface area contributed by atoms with E-state index in [2.05, 4.69) is 50.2 Å². The van der Waals surface area contributed by atoms with Gasteiger partial charge in [-0.3, -0.25) is 0 Å². The molecule has 0 saturated heterocycles. The third-order valence-corrected chi connectivity index (χ3v) is 4.31. The van der Waals surface area contributed by atoms with Gasteiger partial charge in [-0.2, -0.15) is 0 Å². The Morgan fingerprint density at radius 1 is 1.14 bits per heavy atom. The molecule has 1 unspecified atom stereocenters. The fourth-order valence-corrected chi connectivity index (χ4v) is 2.95. The van der Waals surface area contributed by atoms with Gasteiger partial charge in [-0.25, -0.2) is 0 Å². The van der Waals surface area contributed by atoms with Crippen molar-refractivity contribution >= 4 is 0 Å². The maximum Gasteiger partial charge on any atom is 0.123 e. The molecule has 1 aliphatic carbocycles. The normalized spacial score (nSPS) is 17.0. The first kappa shape index (κ1) is 14.2. The summed E-state index contributed by atoms with van der Waals surface area (Å²) < 4.78 is 6.03. The van der Waals surface area contributed by atoms with Gasteiger partial charge in [0, 0.05) is 6.04 Å². The van der Waals surface area contributed by atoms with E-state index in [4.69, 9.17) is 10.5 Å². The molecular weight excluding hydrogens is 258 g/mol. The summed E-state index contributed by atoms with van der Waals surface area (Å²) in [5, 5.41) is 0. The molecule has 2 N–H and O–H groups in total. The molecule has 0 fully saturated rings. The second kappa shape index (κ2) is 5.90. The molecule has 0 aromatic heterocycles. The molecule has 0 amide bonds. The number of hydrogen-bond acceptors (Lipinski definition) is 2. The lowest BCUT2D eigenvalue weighted by Gasteiger charge is -2.12. The summed E-state index contributed by atoms with van der Waals surface area (Å²) in [4.78, 5) is 0. The smallest absolute Gasteiger partial charge is 0.123 e. The molecule has 1 aliphatic rings. The van der Waals surface area contributed by atoms with Crippen LogP contribution in [-0.4, -0.2) is 0 Å². The SMILES string of the molecule is CC(C)c1ccc(COc2cccc3c2CCC3N)cc1. The zero-order chi connectivity index (χ0) is 14.8. The van der Waals surface area contributed by atoms with E-state index in [1.807, 2.05) is 6.07 Å². The Labute approximate surface area is 126 Å². The van der Waals surface area contributed by atoms with Gasteiger partial charge in [-0.1, -0.05) is 50.2 Å². The topological polar surface area (TPSA) is 35.2 Å². The van der Waals surface area contributed by atoms with E-state index < -0.39 is 0 Å². The van der Waals surface area contributed by atoms with Crippen molar-refractivity contribution in [1.82, 2.24) is 0 Å². The van der Waals surface area contributed by atoms with Gasteiger partial charge in [0.1, 0.15) is 12.4 Å². The molecule has 2 aromatic carbocycles. The Kier molecular flexibility index (Phi) is 3.98. The van der Waals surface area contributed by atoms with E-state index in [9.17, 15) is 0 Å². The van der Waals surface area contributed by atoms with Gasteiger partial charge in [-0.05, 0) is 47.1 Å². The Hall–Kier alpha value is -1.80. The lowest BCUT2D eigenvalue weighted by atomic mass is 10.0. The summed E-state index contributed by atoms with van der Waals surface area (Å²) >= 11 is 0. The number of fused-ring (bicyclic) bond motifs is 1. The van der Waals surface area contributed by atoms with Gasteiger partial charge in [-0.15, -0.1) is 0 Å². The predicted molar refractivity (Wildman–Crippen MR) is 86.6 cm³/mol. The van der Waals surface area contributed by atoms with Crippen molar-refractivity contribution in [1.29, 1.82) is 0 Å². The molecule has 0 spiro atoms. The first-order valence-electron chi connectivity index (χ1n) is 7.74. The van der Waals surface area contributed by atoms with Crippen molar-refractivity contribution in [3.8, 4) is 5.75 Å². The fraction of sp³-hybridized carbons (Fsp3) is 0.368. The summed E-state index contributed by atoms with van der Waals surface area (Å²) in [6, 6.07) is 15.1. The van der Waals surface area contributed by atoms with Gasteiger partial charge in [0.15, 0.2) is 0 Å². The van der Waals surface area contributed by atoms with Crippen LogP contribution in [0.3, 0.4) is 0 Å². The molecule has 0 bridgehead atoms. The van der Waals surface area contributed by atoms with Crippen LogP contribution < -0.4 is 10.5 Å². The predicted octanol–water partition coefficient (Wildman–Crippen LogP) is 4.34. The molecule has 2 heteroatoms. The van der Waals surface area contributed by atoms with Gasteiger partial charge in [0.2, 0.25) is 0 Å². The molecule has 2 aromatic rings. The summed E-state index contributed by atoms with van der Waals surface area (Å²) in [7, 11) is 0. The highest BCUT2D eigenvalue weighted by atomic mass is 16.5. The van der Waals surface area contributed by atoms with Gasteiger partial charge >= 0.3 is 0 Å². The standard InChI is InChI=1S/C19H23NO/c1-13(2)15-8-6-14(7-9-15)12-21-19-5-3-4-16-17(19)10-11-18(16)20/h3-9,13,18H,10-12,20H2,1-2H3. The molecule has 0 saturated carbocycles. The first-order chi connectivity index (χ1) is 10.1.